The molecule has 0 radical (unpaired) electrons. The summed E-state index contributed by atoms with van der Waals surface area (Å²) in [6, 6.07) is 1.66. The fourth-order valence-electron chi connectivity index (χ4n) is 3.05. The van der Waals surface area contributed by atoms with E-state index < -0.39 is 5.60 Å². The van der Waals surface area contributed by atoms with Crippen LogP contribution in [0.25, 0.3) is 0 Å². The number of amides is 1. The lowest BCUT2D eigenvalue weighted by Crippen LogP contribution is -2.49. The van der Waals surface area contributed by atoms with E-state index in [2.05, 4.69) is 0 Å². The van der Waals surface area contributed by atoms with Crippen molar-refractivity contribution in [2.24, 2.45) is 7.05 Å². The topological polar surface area (TPSA) is 82.8 Å². The quantitative estimate of drug-likeness (QED) is 0.836. The molecule has 1 aliphatic rings. The molecule has 0 atom stereocenters. The predicted molar refractivity (Wildman–Crippen MR) is 83.0 cm³/mol. The summed E-state index contributed by atoms with van der Waals surface area (Å²) in [4.78, 5) is 26.6. The minimum absolute atomic E-state index is 0.173. The van der Waals surface area contributed by atoms with Crippen LogP contribution in [0.1, 0.15) is 41.4 Å². The molecule has 2 heterocycles. The van der Waals surface area contributed by atoms with E-state index in [1.54, 1.807) is 18.0 Å². The first-order valence-corrected chi connectivity index (χ1v) is 7.65. The van der Waals surface area contributed by atoms with Crippen molar-refractivity contribution in [2.45, 2.75) is 38.7 Å². The summed E-state index contributed by atoms with van der Waals surface area (Å²) < 4.78 is 1.54. The predicted octanol–water partition coefficient (Wildman–Crippen LogP) is 0.216. The Balaban J connectivity index is 2.27. The number of carbonyl (C=O) groups excluding carboxylic acids is 1. The second-order valence-electron chi connectivity index (χ2n) is 6.08. The molecule has 122 valence electrons. The van der Waals surface area contributed by atoms with Gasteiger partial charge in [0.15, 0.2) is 0 Å². The van der Waals surface area contributed by atoms with Gasteiger partial charge in [0.2, 0.25) is 0 Å². The van der Waals surface area contributed by atoms with E-state index in [1.165, 1.54) is 4.57 Å². The maximum Gasteiger partial charge on any atom is 0.263 e. The second kappa shape index (κ2) is 6.22. The highest BCUT2D eigenvalue weighted by atomic mass is 16.3. The number of nitrogens with zero attached hydrogens (tertiary/aromatic N) is 2. The SMILES string of the molecule is CCc1c(C)cc(C(=O)N2CCC(O)(CO)CC2)c(=O)n1C. The average molecular weight is 308 g/mol. The zero-order valence-corrected chi connectivity index (χ0v) is 13.4. The molecule has 0 spiro atoms. The standard InChI is InChI=1S/C16H24N2O4/c1-4-13-11(2)9-12(14(20)17(13)3)15(21)18-7-5-16(22,10-19)6-8-18/h9,19,22H,4-8,10H2,1-3H3. The van der Waals surface area contributed by atoms with Crippen LogP contribution in [0.5, 0.6) is 0 Å². The van der Waals surface area contributed by atoms with Crippen molar-refractivity contribution in [3.63, 3.8) is 0 Å². The molecule has 0 bridgehead atoms. The first-order valence-electron chi connectivity index (χ1n) is 7.65. The van der Waals surface area contributed by atoms with Crippen molar-refractivity contribution in [3.05, 3.63) is 33.2 Å². The molecule has 0 unspecified atom stereocenters. The van der Waals surface area contributed by atoms with Gasteiger partial charge >= 0.3 is 0 Å². The van der Waals surface area contributed by atoms with Crippen molar-refractivity contribution in [2.75, 3.05) is 19.7 Å². The van der Waals surface area contributed by atoms with Gasteiger partial charge in [-0.3, -0.25) is 9.59 Å². The summed E-state index contributed by atoms with van der Waals surface area (Å²) in [6.07, 6.45) is 1.38. The van der Waals surface area contributed by atoms with Crippen LogP contribution in [0.3, 0.4) is 0 Å². The van der Waals surface area contributed by atoms with Crippen molar-refractivity contribution < 1.29 is 15.0 Å². The summed E-state index contributed by atoms with van der Waals surface area (Å²) in [7, 11) is 1.69. The zero-order valence-electron chi connectivity index (χ0n) is 13.4. The van der Waals surface area contributed by atoms with Crippen LogP contribution in [0.2, 0.25) is 0 Å². The van der Waals surface area contributed by atoms with E-state index in [-0.39, 0.29) is 23.6 Å². The monoisotopic (exact) mass is 308 g/mol. The number of hydrogen-bond acceptors (Lipinski definition) is 4. The number of hydrogen-bond donors (Lipinski definition) is 2. The number of aliphatic hydroxyl groups is 2. The first kappa shape index (κ1) is 16.7. The van der Waals surface area contributed by atoms with Gasteiger partial charge in [-0.05, 0) is 37.8 Å². The van der Waals surface area contributed by atoms with E-state index in [0.717, 1.165) is 17.7 Å². The lowest BCUT2D eigenvalue weighted by atomic mass is 9.92. The van der Waals surface area contributed by atoms with Crippen LogP contribution in [-0.4, -0.2) is 50.9 Å². The average Bonchev–Trinajstić information content (AvgIpc) is 2.51. The molecule has 1 saturated heterocycles. The Morgan fingerprint density at radius 3 is 2.45 bits per heavy atom. The second-order valence-corrected chi connectivity index (χ2v) is 6.08. The van der Waals surface area contributed by atoms with E-state index >= 15 is 0 Å². The van der Waals surface area contributed by atoms with Gasteiger partial charge in [-0.25, -0.2) is 0 Å². The normalized spacial score (nSPS) is 17.6. The van der Waals surface area contributed by atoms with Crippen LogP contribution in [-0.2, 0) is 13.5 Å². The Morgan fingerprint density at radius 2 is 1.95 bits per heavy atom. The van der Waals surface area contributed by atoms with E-state index in [9.17, 15) is 14.7 Å². The summed E-state index contributed by atoms with van der Waals surface area (Å²) in [5.41, 5.74) is 0.637. The Bertz CT molecular complexity index is 628. The van der Waals surface area contributed by atoms with Gasteiger partial charge in [-0.15, -0.1) is 0 Å². The smallest absolute Gasteiger partial charge is 0.263 e. The summed E-state index contributed by atoms with van der Waals surface area (Å²) in [6.45, 7) is 4.25. The van der Waals surface area contributed by atoms with Crippen molar-refractivity contribution in [1.82, 2.24) is 9.47 Å². The van der Waals surface area contributed by atoms with Gasteiger partial charge < -0.3 is 19.7 Å². The molecule has 0 saturated carbocycles. The molecule has 6 nitrogen and oxygen atoms in total. The molecule has 2 N–H and O–H groups in total. The van der Waals surface area contributed by atoms with Crippen LogP contribution < -0.4 is 5.56 Å². The molecular formula is C16H24N2O4. The Kier molecular flexibility index (Phi) is 4.72. The van der Waals surface area contributed by atoms with Crippen LogP contribution in [0.15, 0.2) is 10.9 Å². The van der Waals surface area contributed by atoms with E-state index in [1.807, 2.05) is 13.8 Å². The first-order chi connectivity index (χ1) is 10.3. The minimum atomic E-state index is -1.11. The molecule has 1 fully saturated rings. The maximum absolute atomic E-state index is 12.6. The number of carbonyl (C=O) groups is 1. The Hall–Kier alpha value is -1.66. The number of likely N-dealkylation sites (tertiary alicyclic amines) is 1. The highest BCUT2D eigenvalue weighted by Crippen LogP contribution is 2.22. The number of aryl methyl sites for hydroxylation is 1. The molecule has 1 aliphatic heterocycles. The van der Waals surface area contributed by atoms with Gasteiger partial charge in [-0.1, -0.05) is 6.92 Å². The maximum atomic E-state index is 12.6. The molecular weight excluding hydrogens is 284 g/mol. The summed E-state index contributed by atoms with van der Waals surface area (Å²) in [5, 5.41) is 19.2. The Morgan fingerprint density at radius 1 is 1.36 bits per heavy atom. The molecule has 1 amide bonds. The molecule has 1 aromatic rings. The largest absolute Gasteiger partial charge is 0.393 e. The van der Waals surface area contributed by atoms with E-state index in [4.69, 9.17) is 5.11 Å². The highest BCUT2D eigenvalue weighted by Gasteiger charge is 2.34. The fraction of sp³-hybridized carbons (Fsp3) is 0.625. The molecule has 0 aliphatic carbocycles. The number of aliphatic hydroxyl groups excluding tert-OH is 1. The Labute approximate surface area is 130 Å². The van der Waals surface area contributed by atoms with Gasteiger partial charge in [0.05, 0.1) is 12.2 Å². The number of piperidine rings is 1. The molecule has 1 aromatic heterocycles. The molecule has 22 heavy (non-hydrogen) atoms. The minimum Gasteiger partial charge on any atom is -0.393 e. The molecule has 6 heteroatoms. The summed E-state index contributed by atoms with van der Waals surface area (Å²) >= 11 is 0. The van der Waals surface area contributed by atoms with Crippen molar-refractivity contribution in [3.8, 4) is 0 Å². The zero-order chi connectivity index (χ0) is 16.5. The molecule has 2 rings (SSSR count). The van der Waals surface area contributed by atoms with Crippen LogP contribution >= 0.6 is 0 Å². The highest BCUT2D eigenvalue weighted by molar-refractivity contribution is 5.94. The lowest BCUT2D eigenvalue weighted by molar-refractivity contribution is -0.0546. The number of aromatic nitrogens is 1. The van der Waals surface area contributed by atoms with Gasteiger partial charge in [0.25, 0.3) is 11.5 Å². The lowest BCUT2D eigenvalue weighted by Gasteiger charge is -2.37. The van der Waals surface area contributed by atoms with Crippen molar-refractivity contribution in [1.29, 1.82) is 0 Å². The number of pyridine rings is 1. The van der Waals surface area contributed by atoms with Crippen LogP contribution in [0, 0.1) is 6.92 Å². The third kappa shape index (κ3) is 2.94. The summed E-state index contributed by atoms with van der Waals surface area (Å²) in [5.74, 6) is -0.300. The number of rotatable bonds is 3. The fourth-order valence-corrected chi connectivity index (χ4v) is 3.05. The van der Waals surface area contributed by atoms with Crippen molar-refractivity contribution >= 4 is 5.91 Å². The molecule has 0 aromatic carbocycles. The van der Waals surface area contributed by atoms with Crippen LogP contribution in [0.4, 0.5) is 0 Å². The van der Waals surface area contributed by atoms with E-state index in [0.29, 0.717) is 25.9 Å². The van der Waals surface area contributed by atoms with Gasteiger partial charge in [0.1, 0.15) is 5.56 Å². The third-order valence-electron chi connectivity index (χ3n) is 4.60. The third-order valence-corrected chi connectivity index (χ3v) is 4.60. The van der Waals surface area contributed by atoms with Gasteiger partial charge in [0, 0.05) is 25.8 Å². The van der Waals surface area contributed by atoms with Gasteiger partial charge in [-0.2, -0.15) is 0 Å².